The van der Waals surface area contributed by atoms with E-state index >= 15 is 0 Å². The molecule has 0 radical (unpaired) electrons. The Kier molecular flexibility index (Phi) is 2.28. The molecule has 1 atom stereocenters. The fourth-order valence-corrected chi connectivity index (χ4v) is 1.69. The van der Waals surface area contributed by atoms with Gasteiger partial charge in [-0.1, -0.05) is 0 Å². The Morgan fingerprint density at radius 2 is 1.91 bits per heavy atom. The normalized spacial score (nSPS) is 25.6. The summed E-state index contributed by atoms with van der Waals surface area (Å²) in [6.07, 6.45) is 0. The summed E-state index contributed by atoms with van der Waals surface area (Å²) in [7, 11) is 0. The minimum atomic E-state index is 0.0214. The molecule has 0 fully saturated rings. The lowest BCUT2D eigenvalue weighted by Crippen LogP contribution is -2.30. The van der Waals surface area contributed by atoms with Crippen LogP contribution in [0.25, 0.3) is 0 Å². The van der Waals surface area contributed by atoms with Crippen LogP contribution >= 0.6 is 15.9 Å². The lowest BCUT2D eigenvalue weighted by atomic mass is 10.0. The van der Waals surface area contributed by atoms with Crippen LogP contribution in [0.15, 0.2) is 21.5 Å². The van der Waals surface area contributed by atoms with E-state index in [2.05, 4.69) is 21.2 Å². The molecule has 3 heteroatoms. The van der Waals surface area contributed by atoms with Gasteiger partial charge < -0.3 is 10.4 Å². The molecule has 0 saturated carbocycles. The molecule has 0 aromatic rings. The summed E-state index contributed by atoms with van der Waals surface area (Å²) in [5.41, 5.74) is 2.03. The molecule has 1 rings (SSSR count). The Morgan fingerprint density at radius 1 is 1.36 bits per heavy atom. The first kappa shape index (κ1) is 8.65. The van der Waals surface area contributed by atoms with E-state index in [1.54, 1.807) is 0 Å². The number of hydrogen-bond donors (Lipinski definition) is 2. The molecule has 1 unspecified atom stereocenters. The highest BCUT2D eigenvalue weighted by molar-refractivity contribution is 9.11. The smallest absolute Gasteiger partial charge is 0.117 e. The summed E-state index contributed by atoms with van der Waals surface area (Å²) in [5, 5.41) is 12.6. The Bertz CT molecular complexity index is 242. The van der Waals surface area contributed by atoms with Gasteiger partial charge in [0.1, 0.15) is 5.76 Å². The van der Waals surface area contributed by atoms with Crippen molar-refractivity contribution in [2.24, 2.45) is 0 Å². The SMILES string of the molecule is CC1=C(Br)NC(C)C(O)=C1C. The summed E-state index contributed by atoms with van der Waals surface area (Å²) < 4.78 is 0.972. The van der Waals surface area contributed by atoms with Crippen molar-refractivity contribution in [2.45, 2.75) is 26.8 Å². The maximum Gasteiger partial charge on any atom is 0.117 e. The number of nitrogens with one attached hydrogen (secondary N) is 1. The highest BCUT2D eigenvalue weighted by atomic mass is 79.9. The van der Waals surface area contributed by atoms with Gasteiger partial charge >= 0.3 is 0 Å². The number of allylic oxidation sites excluding steroid dienone is 2. The molecule has 2 N–H and O–H groups in total. The third-order valence-corrected chi connectivity index (χ3v) is 2.85. The van der Waals surface area contributed by atoms with Crippen LogP contribution in [0.3, 0.4) is 0 Å². The van der Waals surface area contributed by atoms with Gasteiger partial charge in [0.2, 0.25) is 0 Å². The second-order valence-corrected chi connectivity index (χ2v) is 3.61. The quantitative estimate of drug-likeness (QED) is 0.612. The Hall–Kier alpha value is -0.440. The highest BCUT2D eigenvalue weighted by Gasteiger charge is 2.18. The maximum atomic E-state index is 9.50. The summed E-state index contributed by atoms with van der Waals surface area (Å²) in [5.74, 6) is 0.436. The number of aliphatic hydroxyl groups is 1. The molecule has 1 aliphatic rings. The molecule has 1 aliphatic heterocycles. The topological polar surface area (TPSA) is 32.3 Å². The number of hydrogen-bond acceptors (Lipinski definition) is 2. The fourth-order valence-electron chi connectivity index (χ4n) is 1.05. The van der Waals surface area contributed by atoms with Gasteiger partial charge in [0, 0.05) is 0 Å². The second-order valence-electron chi connectivity index (χ2n) is 2.82. The van der Waals surface area contributed by atoms with E-state index < -0.39 is 0 Å². The molecule has 0 aliphatic carbocycles. The van der Waals surface area contributed by atoms with Crippen LogP contribution in [0.4, 0.5) is 0 Å². The van der Waals surface area contributed by atoms with Crippen molar-refractivity contribution in [1.82, 2.24) is 5.32 Å². The zero-order chi connectivity index (χ0) is 8.59. The maximum absolute atomic E-state index is 9.50. The zero-order valence-electron chi connectivity index (χ0n) is 6.90. The number of dihydropyridines is 1. The monoisotopic (exact) mass is 217 g/mol. The van der Waals surface area contributed by atoms with Gasteiger partial charge in [-0.15, -0.1) is 0 Å². The standard InChI is InChI=1S/C8H12BrNO/c1-4-5(2)8(9)10-6(3)7(4)11/h6,10-11H,1-3H3. The molecule has 11 heavy (non-hydrogen) atoms. The van der Waals surface area contributed by atoms with Crippen molar-refractivity contribution >= 4 is 15.9 Å². The van der Waals surface area contributed by atoms with E-state index in [1.807, 2.05) is 20.8 Å². The van der Waals surface area contributed by atoms with Crippen LogP contribution in [0.2, 0.25) is 0 Å². The molecular weight excluding hydrogens is 206 g/mol. The lowest BCUT2D eigenvalue weighted by molar-refractivity contribution is 0.350. The average molecular weight is 218 g/mol. The van der Waals surface area contributed by atoms with Gasteiger partial charge in [-0.05, 0) is 47.8 Å². The van der Waals surface area contributed by atoms with Crippen molar-refractivity contribution in [3.05, 3.63) is 21.5 Å². The molecule has 0 amide bonds. The van der Waals surface area contributed by atoms with Crippen LogP contribution < -0.4 is 5.32 Å². The van der Waals surface area contributed by atoms with Gasteiger partial charge in [-0.3, -0.25) is 0 Å². The van der Waals surface area contributed by atoms with Crippen LogP contribution in [-0.4, -0.2) is 11.1 Å². The predicted molar refractivity (Wildman–Crippen MR) is 49.6 cm³/mol. The average Bonchev–Trinajstić information content (AvgIpc) is 1.97. The van der Waals surface area contributed by atoms with Gasteiger partial charge in [-0.2, -0.15) is 0 Å². The van der Waals surface area contributed by atoms with E-state index in [9.17, 15) is 5.11 Å². The van der Waals surface area contributed by atoms with E-state index in [4.69, 9.17) is 0 Å². The first-order chi connectivity index (χ1) is 5.04. The van der Waals surface area contributed by atoms with Crippen molar-refractivity contribution in [1.29, 1.82) is 0 Å². The van der Waals surface area contributed by atoms with Crippen LogP contribution in [0.1, 0.15) is 20.8 Å². The Labute approximate surface area is 75.1 Å². The van der Waals surface area contributed by atoms with E-state index in [0.717, 1.165) is 15.8 Å². The molecule has 0 spiro atoms. The predicted octanol–water partition coefficient (Wildman–Crippen LogP) is 2.44. The van der Waals surface area contributed by atoms with Crippen LogP contribution in [0, 0.1) is 0 Å². The van der Waals surface area contributed by atoms with Crippen molar-refractivity contribution < 1.29 is 5.11 Å². The third kappa shape index (κ3) is 1.43. The van der Waals surface area contributed by atoms with Crippen molar-refractivity contribution in [3.63, 3.8) is 0 Å². The first-order valence-electron chi connectivity index (χ1n) is 3.57. The molecule has 2 nitrogen and oxygen atoms in total. The summed E-state index contributed by atoms with van der Waals surface area (Å²) >= 11 is 3.39. The van der Waals surface area contributed by atoms with Gasteiger partial charge in [-0.25, -0.2) is 0 Å². The molecule has 0 bridgehead atoms. The molecule has 62 valence electrons. The minimum Gasteiger partial charge on any atom is -0.510 e. The van der Waals surface area contributed by atoms with E-state index in [1.165, 1.54) is 0 Å². The molecule has 0 aromatic heterocycles. The van der Waals surface area contributed by atoms with Crippen molar-refractivity contribution in [2.75, 3.05) is 0 Å². The van der Waals surface area contributed by atoms with Gasteiger partial charge in [0.05, 0.1) is 10.6 Å². The molecular formula is C8H12BrNO. The van der Waals surface area contributed by atoms with Crippen LogP contribution in [0.5, 0.6) is 0 Å². The van der Waals surface area contributed by atoms with E-state index in [0.29, 0.717) is 5.76 Å². The molecule has 0 aromatic carbocycles. The zero-order valence-corrected chi connectivity index (χ0v) is 8.49. The summed E-state index contributed by atoms with van der Waals surface area (Å²) in [6.45, 7) is 5.81. The van der Waals surface area contributed by atoms with Gasteiger partial charge in [0.25, 0.3) is 0 Å². The fraction of sp³-hybridized carbons (Fsp3) is 0.500. The molecule has 0 saturated heterocycles. The third-order valence-electron chi connectivity index (χ3n) is 2.03. The molecule has 1 heterocycles. The Morgan fingerprint density at radius 3 is 2.45 bits per heavy atom. The second kappa shape index (κ2) is 2.89. The largest absolute Gasteiger partial charge is 0.510 e. The minimum absolute atomic E-state index is 0.0214. The van der Waals surface area contributed by atoms with Gasteiger partial charge in [0.15, 0.2) is 0 Å². The van der Waals surface area contributed by atoms with Crippen LogP contribution in [-0.2, 0) is 0 Å². The number of rotatable bonds is 0. The Balaban J connectivity index is 3.07. The number of aliphatic hydroxyl groups excluding tert-OH is 1. The first-order valence-corrected chi connectivity index (χ1v) is 4.36. The number of halogens is 1. The summed E-state index contributed by atoms with van der Waals surface area (Å²) in [4.78, 5) is 0. The highest BCUT2D eigenvalue weighted by Crippen LogP contribution is 2.25. The van der Waals surface area contributed by atoms with Crippen molar-refractivity contribution in [3.8, 4) is 0 Å². The lowest BCUT2D eigenvalue weighted by Gasteiger charge is -2.23. The summed E-state index contributed by atoms with van der Waals surface area (Å²) in [6, 6.07) is 0.0214. The van der Waals surface area contributed by atoms with E-state index in [-0.39, 0.29) is 6.04 Å².